The van der Waals surface area contributed by atoms with Crippen molar-refractivity contribution in [2.24, 2.45) is 0 Å². The van der Waals surface area contributed by atoms with E-state index in [2.05, 4.69) is 108 Å². The molecule has 0 fully saturated rings. The monoisotopic (exact) mass is 427 g/mol. The molecule has 0 heterocycles. The zero-order chi connectivity index (χ0) is 22.5. The van der Waals surface area contributed by atoms with Crippen LogP contribution in [0.2, 0.25) is 0 Å². The van der Waals surface area contributed by atoms with Crippen LogP contribution in [0.15, 0.2) is 121 Å². The van der Waals surface area contributed by atoms with Crippen LogP contribution in [0.3, 0.4) is 0 Å². The molecule has 1 N–H and O–H groups in total. The molecular formula is C31H25NO. The van der Waals surface area contributed by atoms with Gasteiger partial charge in [-0.1, -0.05) is 78.9 Å². The minimum atomic E-state index is 0.850. The highest BCUT2D eigenvalue weighted by atomic mass is 16.5. The van der Waals surface area contributed by atoms with Gasteiger partial charge in [0.05, 0.1) is 7.11 Å². The molecule has 0 bridgehead atoms. The van der Waals surface area contributed by atoms with Crippen LogP contribution in [0.1, 0.15) is 16.7 Å². The van der Waals surface area contributed by atoms with E-state index in [4.69, 9.17) is 4.74 Å². The van der Waals surface area contributed by atoms with E-state index in [1.165, 1.54) is 27.5 Å². The highest BCUT2D eigenvalue weighted by Gasteiger charge is 2.07. The quantitative estimate of drug-likeness (QED) is 0.276. The molecule has 5 rings (SSSR count). The Balaban J connectivity index is 1.47. The van der Waals surface area contributed by atoms with Crippen molar-refractivity contribution in [1.82, 2.24) is 0 Å². The Labute approximate surface area is 194 Å². The first-order chi connectivity index (χ1) is 16.3. The number of methoxy groups -OCH3 is 1. The van der Waals surface area contributed by atoms with Crippen LogP contribution in [0, 0.1) is 0 Å². The van der Waals surface area contributed by atoms with Gasteiger partial charge in [0.2, 0.25) is 0 Å². The Kier molecular flexibility index (Phi) is 5.90. The average molecular weight is 428 g/mol. The van der Waals surface area contributed by atoms with Gasteiger partial charge in [-0.15, -0.1) is 0 Å². The maximum absolute atomic E-state index is 5.23. The maximum atomic E-state index is 5.23. The number of hydrogen-bond donors (Lipinski definition) is 1. The highest BCUT2D eigenvalue weighted by Crippen LogP contribution is 2.29. The fourth-order valence-electron chi connectivity index (χ4n) is 3.98. The number of benzene rings is 5. The van der Waals surface area contributed by atoms with Gasteiger partial charge in [-0.2, -0.15) is 0 Å². The third-order valence-corrected chi connectivity index (χ3v) is 5.75. The van der Waals surface area contributed by atoms with Crippen LogP contribution in [-0.2, 0) is 0 Å². The summed E-state index contributed by atoms with van der Waals surface area (Å²) in [6.07, 6.45) is 2.26. The molecular weight excluding hydrogens is 402 g/mol. The van der Waals surface area contributed by atoms with Crippen molar-refractivity contribution in [3.8, 4) is 5.75 Å². The summed E-state index contributed by atoms with van der Waals surface area (Å²) < 4.78 is 5.23. The molecule has 0 spiro atoms. The van der Waals surface area contributed by atoms with Gasteiger partial charge in [0, 0.05) is 11.4 Å². The van der Waals surface area contributed by atoms with Crippen molar-refractivity contribution in [1.29, 1.82) is 0 Å². The normalized spacial score (nSPS) is 11.4. The van der Waals surface area contributed by atoms with Crippen LogP contribution in [0.25, 0.3) is 22.4 Å². The predicted octanol–water partition coefficient (Wildman–Crippen LogP) is 8.18. The Morgan fingerprint density at radius 2 is 1.24 bits per heavy atom. The van der Waals surface area contributed by atoms with Crippen LogP contribution >= 0.6 is 0 Å². The van der Waals surface area contributed by atoms with Gasteiger partial charge >= 0.3 is 0 Å². The SMILES string of the molecule is COc1ccc(Nc2ccc(/C=C(\c3ccccc3)c3ccc4ccccc4c3)cc2)cc1. The van der Waals surface area contributed by atoms with E-state index in [1.54, 1.807) is 7.11 Å². The van der Waals surface area contributed by atoms with Crippen molar-refractivity contribution in [2.45, 2.75) is 0 Å². The second-order valence-electron chi connectivity index (χ2n) is 7.96. The fourth-order valence-corrected chi connectivity index (χ4v) is 3.98. The molecule has 0 saturated carbocycles. The topological polar surface area (TPSA) is 21.3 Å². The smallest absolute Gasteiger partial charge is 0.119 e. The zero-order valence-electron chi connectivity index (χ0n) is 18.5. The first-order valence-electron chi connectivity index (χ1n) is 11.1. The largest absolute Gasteiger partial charge is 0.497 e. The molecule has 33 heavy (non-hydrogen) atoms. The van der Waals surface area contributed by atoms with Crippen molar-refractivity contribution < 1.29 is 4.74 Å². The van der Waals surface area contributed by atoms with E-state index in [0.717, 1.165) is 22.7 Å². The summed E-state index contributed by atoms with van der Waals surface area (Å²) in [6, 6.07) is 42.2. The molecule has 5 aromatic carbocycles. The molecule has 0 unspecified atom stereocenters. The third-order valence-electron chi connectivity index (χ3n) is 5.75. The van der Waals surface area contributed by atoms with E-state index in [9.17, 15) is 0 Å². The Hall–Kier alpha value is -4.30. The second kappa shape index (κ2) is 9.46. The summed E-state index contributed by atoms with van der Waals surface area (Å²) in [6.45, 7) is 0. The van der Waals surface area contributed by atoms with E-state index in [1.807, 2.05) is 24.3 Å². The van der Waals surface area contributed by atoms with Crippen molar-refractivity contribution in [3.63, 3.8) is 0 Å². The molecule has 0 aliphatic carbocycles. The fraction of sp³-hybridized carbons (Fsp3) is 0.0323. The first-order valence-corrected chi connectivity index (χ1v) is 11.1. The number of fused-ring (bicyclic) bond motifs is 1. The van der Waals surface area contributed by atoms with E-state index in [-0.39, 0.29) is 0 Å². The molecule has 0 saturated heterocycles. The molecule has 0 aliphatic rings. The lowest BCUT2D eigenvalue weighted by Crippen LogP contribution is -1.91. The molecule has 2 nitrogen and oxygen atoms in total. The van der Waals surface area contributed by atoms with E-state index < -0.39 is 0 Å². The second-order valence-corrected chi connectivity index (χ2v) is 7.96. The lowest BCUT2D eigenvalue weighted by Gasteiger charge is -2.11. The molecule has 0 aliphatic heterocycles. The third kappa shape index (κ3) is 4.81. The minimum Gasteiger partial charge on any atom is -0.497 e. The van der Waals surface area contributed by atoms with Crippen LogP contribution < -0.4 is 10.1 Å². The summed E-state index contributed by atoms with van der Waals surface area (Å²) in [4.78, 5) is 0. The Bertz CT molecular complexity index is 1390. The van der Waals surface area contributed by atoms with Gasteiger partial charge < -0.3 is 10.1 Å². The van der Waals surface area contributed by atoms with Gasteiger partial charge in [-0.25, -0.2) is 0 Å². The lowest BCUT2D eigenvalue weighted by molar-refractivity contribution is 0.415. The number of anilines is 2. The summed E-state index contributed by atoms with van der Waals surface area (Å²) in [5, 5.41) is 5.94. The Morgan fingerprint density at radius 1 is 0.606 bits per heavy atom. The predicted molar refractivity (Wildman–Crippen MR) is 140 cm³/mol. The summed E-state index contributed by atoms with van der Waals surface area (Å²) in [5.74, 6) is 0.850. The van der Waals surface area contributed by atoms with Crippen LogP contribution in [0.4, 0.5) is 11.4 Å². The van der Waals surface area contributed by atoms with Gasteiger partial charge in [0.15, 0.2) is 0 Å². The number of nitrogens with one attached hydrogen (secondary N) is 1. The molecule has 5 aromatic rings. The first kappa shape index (κ1) is 20.6. The van der Waals surface area contributed by atoms with Gasteiger partial charge in [0.1, 0.15) is 5.75 Å². The highest BCUT2D eigenvalue weighted by molar-refractivity contribution is 5.95. The number of ether oxygens (including phenoxy) is 1. The van der Waals surface area contributed by atoms with Gasteiger partial charge in [-0.3, -0.25) is 0 Å². The molecule has 0 atom stereocenters. The number of hydrogen-bond acceptors (Lipinski definition) is 2. The van der Waals surface area contributed by atoms with Crippen LogP contribution in [-0.4, -0.2) is 7.11 Å². The van der Waals surface area contributed by atoms with Crippen molar-refractivity contribution >= 4 is 33.8 Å². The summed E-state index contributed by atoms with van der Waals surface area (Å²) in [7, 11) is 1.68. The maximum Gasteiger partial charge on any atom is 0.119 e. The lowest BCUT2D eigenvalue weighted by atomic mass is 9.94. The standard InChI is InChI=1S/C31H25NO/c1-33-30-19-17-29(18-20-30)32-28-15-11-23(12-16-28)21-31(25-8-3-2-4-9-25)27-14-13-24-7-5-6-10-26(24)22-27/h2-22,32H,1H3/b31-21+. The van der Waals surface area contributed by atoms with Gasteiger partial charge in [-0.05, 0) is 81.6 Å². The molecule has 2 heteroatoms. The zero-order valence-corrected chi connectivity index (χ0v) is 18.5. The minimum absolute atomic E-state index is 0.850. The Morgan fingerprint density at radius 3 is 1.94 bits per heavy atom. The average Bonchev–Trinajstić information content (AvgIpc) is 2.89. The number of rotatable bonds is 6. The van der Waals surface area contributed by atoms with E-state index in [0.29, 0.717) is 0 Å². The summed E-state index contributed by atoms with van der Waals surface area (Å²) >= 11 is 0. The summed E-state index contributed by atoms with van der Waals surface area (Å²) in [5.41, 5.74) is 6.84. The molecule has 0 amide bonds. The van der Waals surface area contributed by atoms with Crippen LogP contribution in [0.5, 0.6) is 5.75 Å². The van der Waals surface area contributed by atoms with Crippen molar-refractivity contribution in [2.75, 3.05) is 12.4 Å². The van der Waals surface area contributed by atoms with Gasteiger partial charge in [0.25, 0.3) is 0 Å². The van der Waals surface area contributed by atoms with E-state index >= 15 is 0 Å². The molecule has 0 aromatic heterocycles. The van der Waals surface area contributed by atoms with Crippen molar-refractivity contribution in [3.05, 3.63) is 138 Å². The molecule has 0 radical (unpaired) electrons. The molecule has 160 valence electrons.